The molecule has 0 radical (unpaired) electrons. The first-order valence-corrected chi connectivity index (χ1v) is 7.04. The van der Waals surface area contributed by atoms with Crippen molar-refractivity contribution in [1.29, 1.82) is 0 Å². The average Bonchev–Trinajstić information content (AvgIpc) is 2.99. The van der Waals surface area contributed by atoms with Gasteiger partial charge in [0.2, 0.25) is 0 Å². The van der Waals surface area contributed by atoms with Crippen molar-refractivity contribution >= 4 is 11.3 Å². The molecule has 0 aliphatic carbocycles. The maximum absolute atomic E-state index is 5.74. The second-order valence-corrected chi connectivity index (χ2v) is 5.17. The summed E-state index contributed by atoms with van der Waals surface area (Å²) in [6, 6.07) is 6.22. The molecule has 98 valence electrons. The van der Waals surface area contributed by atoms with E-state index in [2.05, 4.69) is 18.3 Å². The summed E-state index contributed by atoms with van der Waals surface area (Å²) in [4.78, 5) is 1.22. The third-order valence-electron chi connectivity index (χ3n) is 2.76. The summed E-state index contributed by atoms with van der Waals surface area (Å²) >= 11 is 1.69. The highest BCUT2D eigenvalue weighted by Gasteiger charge is 2.19. The fraction of sp³-hybridized carbons (Fsp3) is 0.429. The summed E-state index contributed by atoms with van der Waals surface area (Å²) in [7, 11) is 1.69. The Morgan fingerprint density at radius 2 is 2.28 bits per heavy atom. The number of rotatable bonds is 6. The van der Waals surface area contributed by atoms with Crippen LogP contribution in [0.1, 0.15) is 35.8 Å². The molecule has 2 aromatic rings. The summed E-state index contributed by atoms with van der Waals surface area (Å²) in [5.41, 5.74) is 0. The predicted octanol–water partition coefficient (Wildman–Crippen LogP) is 3.75. The smallest absolute Gasteiger partial charge is 0.129 e. The molecule has 1 N–H and O–H groups in total. The lowest BCUT2D eigenvalue weighted by Gasteiger charge is -2.14. The predicted molar refractivity (Wildman–Crippen MR) is 74.5 cm³/mol. The summed E-state index contributed by atoms with van der Waals surface area (Å²) in [6.45, 7) is 5.09. The molecule has 0 amide bonds. The molecule has 2 aromatic heterocycles. The van der Waals surface area contributed by atoms with Crippen molar-refractivity contribution < 1.29 is 9.15 Å². The molecule has 0 aromatic carbocycles. The molecule has 0 saturated carbocycles. The molecule has 2 rings (SSSR count). The SMILES string of the molecule is CCCNC(c1ccc(C)o1)c1cc(OC)cs1. The van der Waals surface area contributed by atoms with E-state index in [4.69, 9.17) is 9.15 Å². The van der Waals surface area contributed by atoms with E-state index < -0.39 is 0 Å². The largest absolute Gasteiger partial charge is 0.496 e. The molecule has 2 heterocycles. The molecular formula is C14H19NO2S. The van der Waals surface area contributed by atoms with Gasteiger partial charge in [0.25, 0.3) is 0 Å². The van der Waals surface area contributed by atoms with Crippen molar-refractivity contribution in [3.8, 4) is 5.75 Å². The Morgan fingerprint density at radius 1 is 1.44 bits per heavy atom. The topological polar surface area (TPSA) is 34.4 Å². The van der Waals surface area contributed by atoms with Gasteiger partial charge in [0.1, 0.15) is 23.3 Å². The number of thiophene rings is 1. The number of methoxy groups -OCH3 is 1. The van der Waals surface area contributed by atoms with Crippen LogP contribution in [-0.4, -0.2) is 13.7 Å². The normalized spacial score (nSPS) is 12.6. The first-order chi connectivity index (χ1) is 8.74. The van der Waals surface area contributed by atoms with Gasteiger partial charge in [-0.15, -0.1) is 11.3 Å². The highest BCUT2D eigenvalue weighted by Crippen LogP contribution is 2.31. The van der Waals surface area contributed by atoms with Crippen molar-refractivity contribution in [3.63, 3.8) is 0 Å². The molecule has 0 aliphatic rings. The van der Waals surface area contributed by atoms with Gasteiger partial charge in [-0.05, 0) is 38.1 Å². The van der Waals surface area contributed by atoms with Crippen LogP contribution in [0.15, 0.2) is 28.0 Å². The summed E-state index contributed by atoms with van der Waals surface area (Å²) in [5, 5.41) is 5.53. The van der Waals surface area contributed by atoms with Gasteiger partial charge in [-0.3, -0.25) is 0 Å². The van der Waals surface area contributed by atoms with E-state index >= 15 is 0 Å². The van der Waals surface area contributed by atoms with Crippen LogP contribution in [0, 0.1) is 6.92 Å². The maximum atomic E-state index is 5.74. The third kappa shape index (κ3) is 2.94. The highest BCUT2D eigenvalue weighted by molar-refractivity contribution is 7.10. The van der Waals surface area contributed by atoms with E-state index in [1.807, 2.05) is 24.4 Å². The summed E-state index contributed by atoms with van der Waals surface area (Å²) < 4.78 is 11.0. The van der Waals surface area contributed by atoms with Crippen molar-refractivity contribution in [2.45, 2.75) is 26.3 Å². The zero-order valence-electron chi connectivity index (χ0n) is 11.0. The molecule has 0 spiro atoms. The van der Waals surface area contributed by atoms with Gasteiger partial charge in [0.15, 0.2) is 0 Å². The van der Waals surface area contributed by atoms with Gasteiger partial charge in [0, 0.05) is 10.3 Å². The van der Waals surface area contributed by atoms with Gasteiger partial charge < -0.3 is 14.5 Å². The lowest BCUT2D eigenvalue weighted by Crippen LogP contribution is -2.21. The Balaban J connectivity index is 2.24. The third-order valence-corrected chi connectivity index (χ3v) is 3.74. The second-order valence-electron chi connectivity index (χ2n) is 4.22. The molecular weight excluding hydrogens is 246 g/mol. The molecule has 0 aliphatic heterocycles. The van der Waals surface area contributed by atoms with Crippen LogP contribution in [0.4, 0.5) is 0 Å². The van der Waals surface area contributed by atoms with Gasteiger partial charge >= 0.3 is 0 Å². The number of furan rings is 1. The Labute approximate surface area is 112 Å². The lowest BCUT2D eigenvalue weighted by atomic mass is 10.2. The van der Waals surface area contributed by atoms with Gasteiger partial charge in [-0.2, -0.15) is 0 Å². The Kier molecular flexibility index (Phi) is 4.44. The van der Waals surface area contributed by atoms with E-state index in [1.54, 1.807) is 18.4 Å². The van der Waals surface area contributed by atoms with Crippen molar-refractivity contribution in [3.05, 3.63) is 40.0 Å². The zero-order valence-corrected chi connectivity index (χ0v) is 11.8. The first-order valence-electron chi connectivity index (χ1n) is 6.16. The van der Waals surface area contributed by atoms with Crippen LogP contribution in [0.2, 0.25) is 0 Å². The number of aryl methyl sites for hydroxylation is 1. The quantitative estimate of drug-likeness (QED) is 0.864. The van der Waals surface area contributed by atoms with Crippen LogP contribution in [0.5, 0.6) is 5.75 Å². The van der Waals surface area contributed by atoms with Crippen LogP contribution < -0.4 is 10.1 Å². The van der Waals surface area contributed by atoms with Crippen LogP contribution in [0.3, 0.4) is 0 Å². The molecule has 1 unspecified atom stereocenters. The fourth-order valence-corrected chi connectivity index (χ4v) is 2.77. The van der Waals surface area contributed by atoms with E-state index in [1.165, 1.54) is 4.88 Å². The minimum atomic E-state index is 0.118. The Hall–Kier alpha value is -1.26. The number of ether oxygens (including phenoxy) is 1. The Morgan fingerprint density at radius 3 is 2.83 bits per heavy atom. The number of nitrogens with one attached hydrogen (secondary N) is 1. The highest BCUT2D eigenvalue weighted by atomic mass is 32.1. The van der Waals surface area contributed by atoms with Gasteiger partial charge in [-0.1, -0.05) is 6.92 Å². The fourth-order valence-electron chi connectivity index (χ4n) is 1.83. The standard InChI is InChI=1S/C14H19NO2S/c1-4-7-15-14(12-6-5-10(2)17-12)13-8-11(16-3)9-18-13/h5-6,8-9,14-15H,4,7H2,1-3H3. The summed E-state index contributed by atoms with van der Waals surface area (Å²) in [5.74, 6) is 2.81. The first kappa shape index (κ1) is 13.2. The molecule has 3 nitrogen and oxygen atoms in total. The lowest BCUT2D eigenvalue weighted by molar-refractivity contribution is 0.413. The van der Waals surface area contributed by atoms with Crippen molar-refractivity contribution in [2.24, 2.45) is 0 Å². The molecule has 1 atom stereocenters. The molecule has 0 saturated heterocycles. The summed E-state index contributed by atoms with van der Waals surface area (Å²) in [6.07, 6.45) is 1.10. The zero-order chi connectivity index (χ0) is 13.0. The van der Waals surface area contributed by atoms with Gasteiger partial charge in [0.05, 0.1) is 7.11 Å². The van der Waals surface area contributed by atoms with E-state index in [-0.39, 0.29) is 6.04 Å². The van der Waals surface area contributed by atoms with Crippen LogP contribution >= 0.6 is 11.3 Å². The molecule has 0 bridgehead atoms. The van der Waals surface area contributed by atoms with Crippen LogP contribution in [-0.2, 0) is 0 Å². The maximum Gasteiger partial charge on any atom is 0.129 e. The number of hydrogen-bond donors (Lipinski definition) is 1. The van der Waals surface area contributed by atoms with E-state index in [9.17, 15) is 0 Å². The molecule has 18 heavy (non-hydrogen) atoms. The minimum absolute atomic E-state index is 0.118. The van der Waals surface area contributed by atoms with Crippen molar-refractivity contribution in [2.75, 3.05) is 13.7 Å². The monoisotopic (exact) mass is 265 g/mol. The Bertz CT molecular complexity index is 489. The number of hydrogen-bond acceptors (Lipinski definition) is 4. The van der Waals surface area contributed by atoms with Crippen LogP contribution in [0.25, 0.3) is 0 Å². The minimum Gasteiger partial charge on any atom is -0.496 e. The van der Waals surface area contributed by atoms with E-state index in [0.717, 1.165) is 30.2 Å². The molecule has 4 heteroatoms. The second kappa shape index (κ2) is 6.07. The average molecular weight is 265 g/mol. The van der Waals surface area contributed by atoms with Gasteiger partial charge in [-0.25, -0.2) is 0 Å². The molecule has 0 fully saturated rings. The van der Waals surface area contributed by atoms with E-state index in [0.29, 0.717) is 0 Å². The van der Waals surface area contributed by atoms with Crippen molar-refractivity contribution in [1.82, 2.24) is 5.32 Å².